The quantitative estimate of drug-likeness (QED) is 0.359. The van der Waals surface area contributed by atoms with Crippen molar-refractivity contribution in [3.63, 3.8) is 0 Å². The maximum atomic E-state index is 14.7. The molecular weight excluding hydrogens is 462 g/mol. The molecule has 0 saturated heterocycles. The van der Waals surface area contributed by atoms with E-state index in [1.165, 1.54) is 12.3 Å². The van der Waals surface area contributed by atoms with Gasteiger partial charge in [0.05, 0.1) is 24.8 Å². The number of aliphatic imine (C=N–C) groups is 1. The lowest BCUT2D eigenvalue weighted by Gasteiger charge is -2.26. The third-order valence-corrected chi connectivity index (χ3v) is 5.83. The molecule has 2 aliphatic rings. The Morgan fingerprint density at radius 3 is 2.71 bits per heavy atom. The van der Waals surface area contributed by atoms with Gasteiger partial charge in [-0.3, -0.25) is 14.8 Å². The van der Waals surface area contributed by atoms with Gasteiger partial charge in [-0.25, -0.2) is 8.78 Å². The molecule has 0 saturated carbocycles. The summed E-state index contributed by atoms with van der Waals surface area (Å²) in [5, 5.41) is 0.190. The van der Waals surface area contributed by atoms with Crippen LogP contribution in [0.15, 0.2) is 34.9 Å². The Kier molecular flexibility index (Phi) is 8.50. The molecule has 3 atom stereocenters. The van der Waals surface area contributed by atoms with Crippen LogP contribution in [0.2, 0.25) is 0 Å². The molecule has 0 radical (unpaired) electrons. The standard InChI is InChI=1S/C26H33ClF2N2O3/c1-15(2)10-16(11-23(32)34-26(3,4)5)14-33-22-7-6-20(31-25(22)27)18-8-9-30-21-13-17(28)12-19(29)24(18)21/h7-9,13,15-16,19-20H,6,10-12,14H2,1-5H3/t16-,19?,20?/m0/s1. The molecule has 0 bridgehead atoms. The van der Waals surface area contributed by atoms with E-state index in [0.29, 0.717) is 41.5 Å². The fourth-order valence-electron chi connectivity index (χ4n) is 4.31. The van der Waals surface area contributed by atoms with Gasteiger partial charge in [-0.05, 0) is 63.3 Å². The van der Waals surface area contributed by atoms with Crippen LogP contribution in [0.3, 0.4) is 0 Å². The molecule has 0 amide bonds. The predicted molar refractivity (Wildman–Crippen MR) is 130 cm³/mol. The van der Waals surface area contributed by atoms with Gasteiger partial charge in [0.15, 0.2) is 10.9 Å². The van der Waals surface area contributed by atoms with Gasteiger partial charge in [0.1, 0.15) is 17.6 Å². The number of aromatic nitrogens is 1. The van der Waals surface area contributed by atoms with E-state index >= 15 is 0 Å². The number of fused-ring (bicyclic) bond motifs is 1. The van der Waals surface area contributed by atoms with E-state index in [-0.39, 0.29) is 29.9 Å². The third-order valence-electron chi connectivity index (χ3n) is 5.55. The zero-order valence-corrected chi connectivity index (χ0v) is 21.2. The number of nitrogens with zero attached hydrogens (tertiary/aromatic N) is 2. The maximum Gasteiger partial charge on any atom is 0.306 e. The number of pyridine rings is 1. The Morgan fingerprint density at radius 1 is 1.32 bits per heavy atom. The normalized spacial score (nSPS) is 21.3. The lowest BCUT2D eigenvalue weighted by molar-refractivity contribution is -0.156. The highest BCUT2D eigenvalue weighted by Gasteiger charge is 2.30. The Bertz CT molecular complexity index is 998. The summed E-state index contributed by atoms with van der Waals surface area (Å²) in [4.78, 5) is 21.0. The first-order chi connectivity index (χ1) is 15.9. The molecule has 8 heteroatoms. The summed E-state index contributed by atoms with van der Waals surface area (Å²) in [7, 11) is 0. The minimum absolute atomic E-state index is 0.0286. The van der Waals surface area contributed by atoms with Gasteiger partial charge in [0.2, 0.25) is 0 Å². The van der Waals surface area contributed by atoms with Crippen LogP contribution in [0.4, 0.5) is 8.78 Å². The summed E-state index contributed by atoms with van der Waals surface area (Å²) >= 11 is 6.44. The lowest BCUT2D eigenvalue weighted by Crippen LogP contribution is -2.27. The lowest BCUT2D eigenvalue weighted by atomic mass is 9.89. The first-order valence-electron chi connectivity index (χ1n) is 11.7. The van der Waals surface area contributed by atoms with Crippen molar-refractivity contribution in [1.29, 1.82) is 0 Å². The molecule has 2 heterocycles. The summed E-state index contributed by atoms with van der Waals surface area (Å²) < 4.78 is 39.8. The van der Waals surface area contributed by atoms with Crippen LogP contribution in [0, 0.1) is 11.8 Å². The first-order valence-corrected chi connectivity index (χ1v) is 12.1. The fourth-order valence-corrected chi connectivity index (χ4v) is 4.56. The Balaban J connectivity index is 1.68. The second-order valence-corrected chi connectivity index (χ2v) is 10.7. The van der Waals surface area contributed by atoms with E-state index in [1.54, 1.807) is 6.07 Å². The molecule has 1 aliphatic carbocycles. The van der Waals surface area contributed by atoms with Crippen molar-refractivity contribution in [3.8, 4) is 0 Å². The molecule has 5 nitrogen and oxygen atoms in total. The monoisotopic (exact) mass is 494 g/mol. The molecule has 3 rings (SSSR count). The second kappa shape index (κ2) is 11.0. The molecule has 0 aromatic carbocycles. The highest BCUT2D eigenvalue weighted by atomic mass is 35.5. The number of halogens is 3. The number of ether oxygens (including phenoxy) is 2. The van der Waals surface area contributed by atoms with Crippen LogP contribution in [0.25, 0.3) is 6.08 Å². The number of allylic oxidation sites excluding steroid dienone is 2. The minimum atomic E-state index is -1.47. The molecule has 34 heavy (non-hydrogen) atoms. The molecule has 0 fully saturated rings. The molecule has 0 N–H and O–H groups in total. The summed E-state index contributed by atoms with van der Waals surface area (Å²) in [5.74, 6) is 0.0246. The van der Waals surface area contributed by atoms with Crippen LogP contribution in [-0.2, 0) is 14.3 Å². The van der Waals surface area contributed by atoms with Crippen molar-refractivity contribution >= 4 is 28.8 Å². The molecular formula is C26H33ClF2N2O3. The van der Waals surface area contributed by atoms with Crippen LogP contribution < -0.4 is 0 Å². The smallest absolute Gasteiger partial charge is 0.306 e. The topological polar surface area (TPSA) is 60.8 Å². The predicted octanol–water partition coefficient (Wildman–Crippen LogP) is 7.18. The number of hydrogen-bond acceptors (Lipinski definition) is 5. The Labute approximate surface area is 205 Å². The van der Waals surface area contributed by atoms with Gasteiger partial charge < -0.3 is 9.47 Å². The van der Waals surface area contributed by atoms with Crippen LogP contribution >= 0.6 is 11.6 Å². The van der Waals surface area contributed by atoms with Crippen LogP contribution in [0.5, 0.6) is 0 Å². The molecule has 1 aliphatic heterocycles. The highest BCUT2D eigenvalue weighted by Crippen LogP contribution is 2.41. The maximum absolute atomic E-state index is 14.7. The van der Waals surface area contributed by atoms with Gasteiger partial charge in [0, 0.05) is 24.1 Å². The van der Waals surface area contributed by atoms with Gasteiger partial charge >= 0.3 is 5.97 Å². The van der Waals surface area contributed by atoms with E-state index in [0.717, 1.165) is 6.42 Å². The fraction of sp³-hybridized carbons (Fsp3) is 0.577. The molecule has 2 unspecified atom stereocenters. The van der Waals surface area contributed by atoms with Crippen molar-refractivity contribution in [2.24, 2.45) is 16.8 Å². The number of hydrogen-bond donors (Lipinski definition) is 0. The summed E-state index contributed by atoms with van der Waals surface area (Å²) in [5.41, 5.74) is 0.778. The number of alkyl halides is 1. The Morgan fingerprint density at radius 2 is 2.06 bits per heavy atom. The van der Waals surface area contributed by atoms with Crippen molar-refractivity contribution in [2.45, 2.75) is 78.1 Å². The number of carbonyl (C=O) groups excluding carboxylic acids is 1. The molecule has 1 aromatic heterocycles. The number of carbonyl (C=O) groups is 1. The van der Waals surface area contributed by atoms with Gasteiger partial charge in [-0.15, -0.1) is 0 Å². The van der Waals surface area contributed by atoms with E-state index in [9.17, 15) is 13.6 Å². The number of dihydropyridines is 1. The van der Waals surface area contributed by atoms with Gasteiger partial charge in [0.25, 0.3) is 0 Å². The average molecular weight is 495 g/mol. The van der Waals surface area contributed by atoms with Crippen molar-refractivity contribution < 1.29 is 23.0 Å². The molecule has 1 aromatic rings. The van der Waals surface area contributed by atoms with Crippen molar-refractivity contribution in [2.75, 3.05) is 6.61 Å². The second-order valence-electron chi connectivity index (χ2n) is 10.3. The first kappa shape index (κ1) is 26.3. The van der Waals surface area contributed by atoms with Crippen molar-refractivity contribution in [1.82, 2.24) is 4.98 Å². The summed E-state index contributed by atoms with van der Waals surface area (Å²) in [6.07, 6.45) is 4.38. The SMILES string of the molecule is CC(C)C[C@H](COC1=CCC(c2ccnc3c2C(F)CC(F)=C3)N=C1Cl)CC(=O)OC(C)(C)C. The number of rotatable bonds is 8. The zero-order valence-electron chi connectivity index (χ0n) is 20.4. The largest absolute Gasteiger partial charge is 0.490 e. The van der Waals surface area contributed by atoms with Crippen LogP contribution in [0.1, 0.15) is 89.3 Å². The van der Waals surface area contributed by atoms with Crippen LogP contribution in [-0.4, -0.2) is 28.3 Å². The van der Waals surface area contributed by atoms with Gasteiger partial charge in [-0.1, -0.05) is 25.4 Å². The van der Waals surface area contributed by atoms with E-state index in [1.807, 2.05) is 26.8 Å². The third kappa shape index (κ3) is 7.11. The average Bonchev–Trinajstić information content (AvgIpc) is 2.70. The molecule has 186 valence electrons. The minimum Gasteiger partial charge on any atom is -0.490 e. The van der Waals surface area contributed by atoms with Gasteiger partial charge in [-0.2, -0.15) is 0 Å². The highest BCUT2D eigenvalue weighted by molar-refractivity contribution is 6.69. The number of esters is 1. The van der Waals surface area contributed by atoms with E-state index in [4.69, 9.17) is 21.1 Å². The summed E-state index contributed by atoms with van der Waals surface area (Å²) in [6.45, 7) is 10.0. The molecule has 0 spiro atoms. The van der Waals surface area contributed by atoms with Crippen molar-refractivity contribution in [3.05, 3.63) is 46.7 Å². The van der Waals surface area contributed by atoms with E-state index in [2.05, 4.69) is 23.8 Å². The zero-order chi connectivity index (χ0) is 25.0. The van der Waals surface area contributed by atoms with E-state index < -0.39 is 23.6 Å². The summed E-state index contributed by atoms with van der Waals surface area (Å²) in [6, 6.07) is 1.30. The Hall–Kier alpha value is -2.28.